The molecule has 0 aromatic rings. The highest BCUT2D eigenvalue weighted by Gasteiger charge is 2.36. The van der Waals surface area contributed by atoms with Crippen molar-refractivity contribution in [3.8, 4) is 0 Å². The minimum absolute atomic E-state index is 0.363. The molecule has 0 aromatic carbocycles. The summed E-state index contributed by atoms with van der Waals surface area (Å²) in [4.78, 5) is 22.9. The number of hydrogen-bond acceptors (Lipinski definition) is 3. The fourth-order valence-electron chi connectivity index (χ4n) is 2.01. The zero-order chi connectivity index (χ0) is 12.8. The van der Waals surface area contributed by atoms with Crippen molar-refractivity contribution in [3.63, 3.8) is 0 Å². The maximum absolute atomic E-state index is 11.8. The zero-order valence-corrected chi connectivity index (χ0v) is 10.4. The molecule has 0 heterocycles. The number of unbranched alkanes of at least 4 members (excludes halogenated alkanes) is 1. The highest BCUT2D eigenvalue weighted by atomic mass is 16.5. The Bertz CT molecular complexity index is 319. The Morgan fingerprint density at radius 1 is 1.47 bits per heavy atom. The number of hydrogen-bond donors (Lipinski definition) is 1. The number of carbonyl (C=O) groups is 2. The molecule has 17 heavy (non-hydrogen) atoms. The number of rotatable bonds is 5. The van der Waals surface area contributed by atoms with Crippen LogP contribution in [0.4, 0.5) is 0 Å². The van der Waals surface area contributed by atoms with E-state index in [1.807, 2.05) is 19.9 Å². The molecule has 1 aliphatic carbocycles. The zero-order valence-electron chi connectivity index (χ0n) is 10.4. The summed E-state index contributed by atoms with van der Waals surface area (Å²) in [6.07, 6.45) is 4.61. The van der Waals surface area contributed by atoms with Crippen molar-refractivity contribution in [2.75, 3.05) is 6.61 Å². The monoisotopic (exact) mass is 240 g/mol. The Morgan fingerprint density at radius 2 is 2.18 bits per heavy atom. The number of esters is 1. The first-order chi connectivity index (χ1) is 8.06. The minimum Gasteiger partial charge on any atom is -0.481 e. The van der Waals surface area contributed by atoms with Gasteiger partial charge in [0.1, 0.15) is 0 Å². The van der Waals surface area contributed by atoms with Crippen LogP contribution in [0, 0.1) is 11.8 Å². The van der Waals surface area contributed by atoms with E-state index in [0.29, 0.717) is 19.4 Å². The van der Waals surface area contributed by atoms with Gasteiger partial charge in [0.05, 0.1) is 18.4 Å². The quantitative estimate of drug-likeness (QED) is 0.455. The third-order valence-corrected chi connectivity index (χ3v) is 3.11. The highest BCUT2D eigenvalue weighted by Crippen LogP contribution is 2.30. The Kier molecular flexibility index (Phi) is 5.19. The van der Waals surface area contributed by atoms with Gasteiger partial charge in [-0.05, 0) is 26.2 Å². The van der Waals surface area contributed by atoms with Gasteiger partial charge in [0.25, 0.3) is 0 Å². The molecule has 0 aliphatic heterocycles. The fourth-order valence-corrected chi connectivity index (χ4v) is 2.01. The molecule has 1 rings (SSSR count). The molecule has 2 atom stereocenters. The van der Waals surface area contributed by atoms with E-state index in [0.717, 1.165) is 18.4 Å². The van der Waals surface area contributed by atoms with Crippen LogP contribution in [0.5, 0.6) is 0 Å². The van der Waals surface area contributed by atoms with Gasteiger partial charge in [-0.25, -0.2) is 0 Å². The maximum atomic E-state index is 11.8. The molecule has 1 aliphatic rings. The van der Waals surface area contributed by atoms with Crippen LogP contribution in [-0.4, -0.2) is 23.7 Å². The van der Waals surface area contributed by atoms with E-state index < -0.39 is 17.8 Å². The van der Waals surface area contributed by atoms with Gasteiger partial charge in [0.15, 0.2) is 0 Å². The molecule has 0 spiro atoms. The Hall–Kier alpha value is -1.32. The van der Waals surface area contributed by atoms with Crippen LogP contribution in [0.2, 0.25) is 0 Å². The average molecular weight is 240 g/mol. The van der Waals surface area contributed by atoms with E-state index in [9.17, 15) is 9.59 Å². The lowest BCUT2D eigenvalue weighted by Gasteiger charge is -2.25. The van der Waals surface area contributed by atoms with Crippen molar-refractivity contribution in [3.05, 3.63) is 11.6 Å². The molecule has 2 unspecified atom stereocenters. The highest BCUT2D eigenvalue weighted by molar-refractivity contribution is 5.82. The average Bonchev–Trinajstić information content (AvgIpc) is 2.28. The molecule has 0 aromatic heterocycles. The van der Waals surface area contributed by atoms with E-state index in [1.54, 1.807) is 0 Å². The minimum atomic E-state index is -0.911. The molecule has 4 nitrogen and oxygen atoms in total. The van der Waals surface area contributed by atoms with Crippen molar-refractivity contribution in [2.24, 2.45) is 11.8 Å². The van der Waals surface area contributed by atoms with E-state index in [-0.39, 0.29) is 5.97 Å². The predicted octanol–water partition coefficient (Wildman–Crippen LogP) is 2.39. The van der Waals surface area contributed by atoms with E-state index in [1.165, 1.54) is 0 Å². The van der Waals surface area contributed by atoms with Gasteiger partial charge in [0.2, 0.25) is 0 Å². The normalized spacial score (nSPS) is 24.0. The molecule has 0 fully saturated rings. The first kappa shape index (κ1) is 13.7. The lowest BCUT2D eigenvalue weighted by Crippen LogP contribution is -2.33. The van der Waals surface area contributed by atoms with E-state index in [2.05, 4.69) is 0 Å². The smallest absolute Gasteiger partial charge is 0.310 e. The molecular weight excluding hydrogens is 220 g/mol. The molecule has 0 amide bonds. The van der Waals surface area contributed by atoms with Gasteiger partial charge < -0.3 is 9.84 Å². The standard InChI is InChI=1S/C13H20O4/c1-3-4-7-17-13(16)11-8-9(2)5-6-10(11)12(14)15/h5,10-11H,3-4,6-8H2,1-2H3,(H,14,15). The van der Waals surface area contributed by atoms with Crippen molar-refractivity contribution in [2.45, 2.75) is 39.5 Å². The lowest BCUT2D eigenvalue weighted by molar-refractivity contribution is -0.158. The van der Waals surface area contributed by atoms with Crippen LogP contribution >= 0.6 is 0 Å². The van der Waals surface area contributed by atoms with Gasteiger partial charge in [-0.3, -0.25) is 9.59 Å². The topological polar surface area (TPSA) is 63.6 Å². The van der Waals surface area contributed by atoms with Gasteiger partial charge in [-0.2, -0.15) is 0 Å². The first-order valence-electron chi connectivity index (χ1n) is 6.11. The van der Waals surface area contributed by atoms with Gasteiger partial charge in [-0.15, -0.1) is 0 Å². The Labute approximate surface area is 102 Å². The molecule has 4 heteroatoms. The van der Waals surface area contributed by atoms with Crippen LogP contribution in [0.25, 0.3) is 0 Å². The number of carbonyl (C=O) groups excluding carboxylic acids is 1. The number of carboxylic acids is 1. The summed E-state index contributed by atoms with van der Waals surface area (Å²) < 4.78 is 5.12. The molecule has 0 saturated carbocycles. The number of carboxylic acid groups (broad SMARTS) is 1. The van der Waals surface area contributed by atoms with Crippen LogP contribution in [0.1, 0.15) is 39.5 Å². The van der Waals surface area contributed by atoms with Gasteiger partial charge in [-0.1, -0.05) is 25.0 Å². The second-order valence-electron chi connectivity index (χ2n) is 4.56. The summed E-state index contributed by atoms with van der Waals surface area (Å²) in [5.41, 5.74) is 1.07. The van der Waals surface area contributed by atoms with Crippen LogP contribution < -0.4 is 0 Å². The molecule has 0 radical (unpaired) electrons. The lowest BCUT2D eigenvalue weighted by atomic mass is 9.80. The van der Waals surface area contributed by atoms with Crippen LogP contribution in [0.3, 0.4) is 0 Å². The predicted molar refractivity (Wildman–Crippen MR) is 63.5 cm³/mol. The van der Waals surface area contributed by atoms with Crippen molar-refractivity contribution >= 4 is 11.9 Å². The summed E-state index contributed by atoms with van der Waals surface area (Å²) in [6, 6.07) is 0. The third kappa shape index (κ3) is 3.88. The summed E-state index contributed by atoms with van der Waals surface area (Å²) >= 11 is 0. The second-order valence-corrected chi connectivity index (χ2v) is 4.56. The van der Waals surface area contributed by atoms with Gasteiger partial charge in [0, 0.05) is 0 Å². The first-order valence-corrected chi connectivity index (χ1v) is 6.11. The maximum Gasteiger partial charge on any atom is 0.310 e. The SMILES string of the molecule is CCCCOC(=O)C1CC(C)=CCC1C(=O)O. The van der Waals surface area contributed by atoms with Crippen molar-refractivity contribution < 1.29 is 19.4 Å². The number of aliphatic carboxylic acids is 1. The fraction of sp³-hybridized carbons (Fsp3) is 0.692. The molecule has 96 valence electrons. The molecular formula is C13H20O4. The van der Waals surface area contributed by atoms with E-state index >= 15 is 0 Å². The summed E-state index contributed by atoms with van der Waals surface area (Å²) in [5, 5.41) is 9.08. The van der Waals surface area contributed by atoms with Crippen molar-refractivity contribution in [1.82, 2.24) is 0 Å². The number of allylic oxidation sites excluding steroid dienone is 2. The van der Waals surface area contributed by atoms with Gasteiger partial charge >= 0.3 is 11.9 Å². The Morgan fingerprint density at radius 3 is 2.76 bits per heavy atom. The molecule has 0 saturated heterocycles. The Balaban J connectivity index is 2.61. The summed E-state index contributed by atoms with van der Waals surface area (Å²) in [7, 11) is 0. The van der Waals surface area contributed by atoms with Crippen LogP contribution in [-0.2, 0) is 14.3 Å². The van der Waals surface area contributed by atoms with Crippen LogP contribution in [0.15, 0.2) is 11.6 Å². The summed E-state index contributed by atoms with van der Waals surface area (Å²) in [5.74, 6) is -2.42. The summed E-state index contributed by atoms with van der Waals surface area (Å²) in [6.45, 7) is 4.33. The molecule has 1 N–H and O–H groups in total. The second kappa shape index (κ2) is 6.42. The third-order valence-electron chi connectivity index (χ3n) is 3.11. The van der Waals surface area contributed by atoms with Crippen molar-refractivity contribution in [1.29, 1.82) is 0 Å². The van der Waals surface area contributed by atoms with E-state index in [4.69, 9.17) is 9.84 Å². The molecule has 0 bridgehead atoms. The number of ether oxygens (including phenoxy) is 1. The largest absolute Gasteiger partial charge is 0.481 e.